The van der Waals surface area contributed by atoms with Crippen molar-refractivity contribution in [3.05, 3.63) is 30.1 Å². The molecule has 1 N–H and O–H groups in total. The average molecular weight is 345 g/mol. The molecule has 2 aliphatic rings. The number of hydrogen-bond acceptors (Lipinski definition) is 4. The molecular formula is C19H31N5O. The number of piperazine rings is 1. The van der Waals surface area contributed by atoms with E-state index in [0.29, 0.717) is 12.1 Å². The van der Waals surface area contributed by atoms with Crippen molar-refractivity contribution in [2.24, 2.45) is 0 Å². The number of rotatable bonds is 4. The van der Waals surface area contributed by atoms with E-state index in [-0.39, 0.29) is 6.03 Å². The van der Waals surface area contributed by atoms with Crippen LogP contribution >= 0.6 is 0 Å². The van der Waals surface area contributed by atoms with Gasteiger partial charge in [-0.3, -0.25) is 9.88 Å². The summed E-state index contributed by atoms with van der Waals surface area (Å²) in [4.78, 5) is 23.8. The lowest BCUT2D eigenvalue weighted by molar-refractivity contribution is 0.108. The van der Waals surface area contributed by atoms with Gasteiger partial charge < -0.3 is 15.1 Å². The standard InChI is InChI=1S/C19H31N5O/c1-3-22-10-6-7-17(15-22)21-19(25)24-13-11-23(12-14-24)16(2)18-8-4-5-9-20-18/h4-5,8-9,16-17H,3,6-7,10-15H2,1-2H3,(H,21,25)/t16-,17-/m1/s1. The number of nitrogens with zero attached hydrogens (tertiary/aromatic N) is 4. The number of nitrogens with one attached hydrogen (secondary N) is 1. The number of likely N-dealkylation sites (N-methyl/N-ethyl adjacent to an activating group) is 1. The van der Waals surface area contributed by atoms with Crippen molar-refractivity contribution in [2.45, 2.75) is 38.8 Å². The minimum absolute atomic E-state index is 0.105. The molecule has 0 radical (unpaired) electrons. The SMILES string of the molecule is CCN1CCC[C@@H](NC(=O)N2CCN([C@H](C)c3ccccn3)CC2)C1. The monoisotopic (exact) mass is 345 g/mol. The van der Waals surface area contributed by atoms with Gasteiger partial charge in [0.15, 0.2) is 0 Å². The van der Waals surface area contributed by atoms with Crippen LogP contribution in [0.4, 0.5) is 4.79 Å². The summed E-state index contributed by atoms with van der Waals surface area (Å²) < 4.78 is 0. The minimum atomic E-state index is 0.105. The first-order chi connectivity index (χ1) is 12.2. The van der Waals surface area contributed by atoms with Gasteiger partial charge >= 0.3 is 6.03 Å². The van der Waals surface area contributed by atoms with Crippen molar-refractivity contribution in [3.63, 3.8) is 0 Å². The summed E-state index contributed by atoms with van der Waals surface area (Å²) in [6, 6.07) is 6.75. The first kappa shape index (κ1) is 18.1. The van der Waals surface area contributed by atoms with Crippen LogP contribution in [0.15, 0.2) is 24.4 Å². The molecule has 2 atom stereocenters. The Labute approximate surface area is 151 Å². The molecule has 0 unspecified atom stereocenters. The molecule has 0 aliphatic carbocycles. The first-order valence-corrected chi connectivity index (χ1v) is 9.60. The Morgan fingerprint density at radius 1 is 1.28 bits per heavy atom. The zero-order chi connectivity index (χ0) is 17.6. The van der Waals surface area contributed by atoms with Crippen molar-refractivity contribution >= 4 is 6.03 Å². The molecule has 25 heavy (non-hydrogen) atoms. The van der Waals surface area contributed by atoms with Gasteiger partial charge in [0.2, 0.25) is 0 Å². The summed E-state index contributed by atoms with van der Waals surface area (Å²) >= 11 is 0. The lowest BCUT2D eigenvalue weighted by atomic mass is 10.1. The third kappa shape index (κ3) is 4.70. The smallest absolute Gasteiger partial charge is 0.317 e. The number of carbonyl (C=O) groups is 1. The molecule has 2 fully saturated rings. The average Bonchev–Trinajstić information content (AvgIpc) is 2.68. The maximum absolute atomic E-state index is 12.6. The number of amides is 2. The Balaban J connectivity index is 1.46. The van der Waals surface area contributed by atoms with Crippen LogP contribution in [0.5, 0.6) is 0 Å². The highest BCUT2D eigenvalue weighted by molar-refractivity contribution is 5.74. The highest BCUT2D eigenvalue weighted by atomic mass is 16.2. The van der Waals surface area contributed by atoms with Gasteiger partial charge in [0.1, 0.15) is 0 Å². The van der Waals surface area contributed by atoms with Crippen molar-refractivity contribution in [2.75, 3.05) is 45.8 Å². The zero-order valence-corrected chi connectivity index (χ0v) is 15.5. The zero-order valence-electron chi connectivity index (χ0n) is 15.5. The van der Waals surface area contributed by atoms with Crippen LogP contribution in [0.3, 0.4) is 0 Å². The third-order valence-electron chi connectivity index (χ3n) is 5.55. The van der Waals surface area contributed by atoms with Crippen molar-refractivity contribution in [1.82, 2.24) is 25.0 Å². The van der Waals surface area contributed by atoms with Crippen LogP contribution in [0, 0.1) is 0 Å². The summed E-state index contributed by atoms with van der Waals surface area (Å²) in [5.41, 5.74) is 1.10. The molecular weight excluding hydrogens is 314 g/mol. The number of urea groups is 1. The highest BCUT2D eigenvalue weighted by Gasteiger charge is 2.27. The Kier molecular flexibility index (Phi) is 6.26. The minimum Gasteiger partial charge on any atom is -0.334 e. The van der Waals surface area contributed by atoms with Crippen molar-refractivity contribution in [1.29, 1.82) is 0 Å². The number of aromatic nitrogens is 1. The van der Waals surface area contributed by atoms with E-state index >= 15 is 0 Å². The molecule has 0 saturated carbocycles. The maximum Gasteiger partial charge on any atom is 0.317 e. The normalized spacial score (nSPS) is 24.1. The van der Waals surface area contributed by atoms with E-state index in [2.05, 4.69) is 40.0 Å². The summed E-state index contributed by atoms with van der Waals surface area (Å²) in [5.74, 6) is 0. The fourth-order valence-electron chi connectivity index (χ4n) is 3.85. The summed E-state index contributed by atoms with van der Waals surface area (Å²) in [5, 5.41) is 3.24. The molecule has 6 nitrogen and oxygen atoms in total. The Morgan fingerprint density at radius 3 is 2.76 bits per heavy atom. The Morgan fingerprint density at radius 2 is 2.08 bits per heavy atom. The van der Waals surface area contributed by atoms with E-state index in [1.165, 1.54) is 6.42 Å². The van der Waals surface area contributed by atoms with Crippen LogP contribution in [0.25, 0.3) is 0 Å². The molecule has 2 saturated heterocycles. The van der Waals surface area contributed by atoms with Crippen LogP contribution < -0.4 is 5.32 Å². The maximum atomic E-state index is 12.6. The van der Waals surface area contributed by atoms with E-state index in [1.54, 1.807) is 0 Å². The van der Waals surface area contributed by atoms with Crippen LogP contribution in [0.2, 0.25) is 0 Å². The largest absolute Gasteiger partial charge is 0.334 e. The number of piperidine rings is 1. The summed E-state index contributed by atoms with van der Waals surface area (Å²) in [7, 11) is 0. The number of carbonyl (C=O) groups excluding carboxylic acids is 1. The van der Waals surface area contributed by atoms with Gasteiger partial charge in [-0.2, -0.15) is 0 Å². The molecule has 1 aromatic rings. The highest BCUT2D eigenvalue weighted by Crippen LogP contribution is 2.19. The molecule has 1 aromatic heterocycles. The topological polar surface area (TPSA) is 51.7 Å². The first-order valence-electron chi connectivity index (χ1n) is 9.60. The second-order valence-corrected chi connectivity index (χ2v) is 7.14. The van der Waals surface area contributed by atoms with Gasteiger partial charge in [0, 0.05) is 51.0 Å². The molecule has 138 valence electrons. The van der Waals surface area contributed by atoms with Crippen LogP contribution in [-0.4, -0.2) is 77.6 Å². The van der Waals surface area contributed by atoms with Crippen molar-refractivity contribution in [3.8, 4) is 0 Å². The third-order valence-corrected chi connectivity index (χ3v) is 5.55. The van der Waals surface area contributed by atoms with Gasteiger partial charge in [-0.1, -0.05) is 13.0 Å². The molecule has 0 aromatic carbocycles. The second-order valence-electron chi connectivity index (χ2n) is 7.14. The molecule has 0 spiro atoms. The molecule has 2 amide bonds. The molecule has 3 rings (SSSR count). The summed E-state index contributed by atoms with van der Waals surface area (Å²) in [6.45, 7) is 11.0. The molecule has 3 heterocycles. The fourth-order valence-corrected chi connectivity index (χ4v) is 3.85. The van der Waals surface area contributed by atoms with E-state index < -0.39 is 0 Å². The number of likely N-dealkylation sites (tertiary alicyclic amines) is 1. The van der Waals surface area contributed by atoms with Crippen LogP contribution in [-0.2, 0) is 0 Å². The molecule has 6 heteroatoms. The van der Waals surface area contributed by atoms with Gasteiger partial charge in [0.25, 0.3) is 0 Å². The predicted molar refractivity (Wildman–Crippen MR) is 99.5 cm³/mol. The van der Waals surface area contributed by atoms with Crippen LogP contribution in [0.1, 0.15) is 38.4 Å². The van der Waals surface area contributed by atoms with E-state index in [0.717, 1.165) is 57.9 Å². The molecule has 2 aliphatic heterocycles. The molecule has 0 bridgehead atoms. The fraction of sp³-hybridized carbons (Fsp3) is 0.684. The summed E-state index contributed by atoms with van der Waals surface area (Å²) in [6.07, 6.45) is 4.12. The van der Waals surface area contributed by atoms with E-state index in [9.17, 15) is 4.79 Å². The lowest BCUT2D eigenvalue weighted by Gasteiger charge is -2.39. The predicted octanol–water partition coefficient (Wildman–Crippen LogP) is 1.95. The van der Waals surface area contributed by atoms with E-state index in [4.69, 9.17) is 0 Å². The lowest BCUT2D eigenvalue weighted by Crippen LogP contribution is -2.56. The Hall–Kier alpha value is -1.66. The van der Waals surface area contributed by atoms with Gasteiger partial charge in [0.05, 0.1) is 5.69 Å². The second kappa shape index (κ2) is 8.63. The Bertz CT molecular complexity index is 544. The van der Waals surface area contributed by atoms with Gasteiger partial charge in [-0.05, 0) is 45.0 Å². The van der Waals surface area contributed by atoms with E-state index in [1.807, 2.05) is 23.2 Å². The quantitative estimate of drug-likeness (QED) is 0.906. The van der Waals surface area contributed by atoms with Gasteiger partial charge in [-0.15, -0.1) is 0 Å². The number of pyridine rings is 1. The van der Waals surface area contributed by atoms with Gasteiger partial charge in [-0.25, -0.2) is 4.79 Å². The number of hydrogen-bond donors (Lipinski definition) is 1. The van der Waals surface area contributed by atoms with Crippen molar-refractivity contribution < 1.29 is 4.79 Å².